The molecule has 0 aliphatic heterocycles. The van der Waals surface area contributed by atoms with E-state index in [1.54, 1.807) is 32.4 Å². The highest BCUT2D eigenvalue weighted by atomic mass is 32.2. The van der Waals surface area contributed by atoms with E-state index in [-0.39, 0.29) is 11.7 Å². The van der Waals surface area contributed by atoms with Gasteiger partial charge in [-0.05, 0) is 12.1 Å². The van der Waals surface area contributed by atoms with Crippen LogP contribution in [0.2, 0.25) is 0 Å². The number of rotatable bonds is 7. The minimum atomic E-state index is -0.139. The lowest BCUT2D eigenvalue weighted by atomic mass is 10.2. The molecule has 1 aromatic carbocycles. The van der Waals surface area contributed by atoms with Gasteiger partial charge in [-0.1, -0.05) is 18.7 Å². The second-order valence-electron chi connectivity index (χ2n) is 4.71. The Kier molecular flexibility index (Phi) is 5.86. The number of nitrogens with one attached hydrogen (secondary N) is 1. The van der Waals surface area contributed by atoms with Crippen LogP contribution in [-0.2, 0) is 18.3 Å². The van der Waals surface area contributed by atoms with Crippen LogP contribution in [0.1, 0.15) is 12.7 Å². The summed E-state index contributed by atoms with van der Waals surface area (Å²) < 4.78 is 12.3. The van der Waals surface area contributed by atoms with E-state index in [2.05, 4.69) is 15.5 Å². The van der Waals surface area contributed by atoms with Crippen molar-refractivity contribution in [1.82, 2.24) is 14.8 Å². The second kappa shape index (κ2) is 7.87. The van der Waals surface area contributed by atoms with Gasteiger partial charge in [0, 0.05) is 19.5 Å². The van der Waals surface area contributed by atoms with Crippen LogP contribution in [0.25, 0.3) is 0 Å². The molecule has 0 saturated carbocycles. The maximum atomic E-state index is 12.1. The molecule has 0 fully saturated rings. The summed E-state index contributed by atoms with van der Waals surface area (Å²) in [7, 11) is 5.02. The van der Waals surface area contributed by atoms with Gasteiger partial charge in [0.1, 0.15) is 17.3 Å². The number of ether oxygens (including phenoxy) is 2. The highest BCUT2D eigenvalue weighted by molar-refractivity contribution is 7.99. The third kappa shape index (κ3) is 4.16. The average Bonchev–Trinajstić information content (AvgIpc) is 2.93. The lowest BCUT2D eigenvalue weighted by molar-refractivity contribution is -0.113. The largest absolute Gasteiger partial charge is 0.497 e. The molecule has 8 heteroatoms. The maximum Gasteiger partial charge on any atom is 0.234 e. The summed E-state index contributed by atoms with van der Waals surface area (Å²) in [6.45, 7) is 2.02. The van der Waals surface area contributed by atoms with Crippen molar-refractivity contribution >= 4 is 23.4 Å². The zero-order valence-corrected chi connectivity index (χ0v) is 14.4. The molecule has 0 saturated heterocycles. The Morgan fingerprint density at radius 2 is 2.09 bits per heavy atom. The minimum absolute atomic E-state index is 0.139. The van der Waals surface area contributed by atoms with Crippen LogP contribution < -0.4 is 14.8 Å². The first-order chi connectivity index (χ1) is 11.1. The number of anilines is 1. The number of thioether (sulfide) groups is 1. The van der Waals surface area contributed by atoms with Gasteiger partial charge in [0.15, 0.2) is 5.16 Å². The van der Waals surface area contributed by atoms with Crippen LogP contribution in [0.15, 0.2) is 23.4 Å². The van der Waals surface area contributed by atoms with Crippen molar-refractivity contribution < 1.29 is 14.3 Å². The third-order valence-electron chi connectivity index (χ3n) is 3.26. The van der Waals surface area contributed by atoms with Crippen molar-refractivity contribution in [3.8, 4) is 11.5 Å². The molecule has 0 bridgehead atoms. The molecule has 1 heterocycles. The summed E-state index contributed by atoms with van der Waals surface area (Å²) in [6.07, 6.45) is 0.805. The van der Waals surface area contributed by atoms with Crippen LogP contribution in [-0.4, -0.2) is 40.6 Å². The Hall–Kier alpha value is -2.22. The lowest BCUT2D eigenvalue weighted by Crippen LogP contribution is -2.15. The fraction of sp³-hybridized carbons (Fsp3) is 0.400. The Bertz CT molecular complexity index is 687. The smallest absolute Gasteiger partial charge is 0.234 e. The van der Waals surface area contributed by atoms with Gasteiger partial charge in [-0.2, -0.15) is 0 Å². The van der Waals surface area contributed by atoms with Crippen LogP contribution in [0.4, 0.5) is 5.69 Å². The molecule has 0 atom stereocenters. The summed E-state index contributed by atoms with van der Waals surface area (Å²) >= 11 is 1.34. The molecular weight excluding hydrogens is 316 g/mol. The molecule has 1 amide bonds. The fourth-order valence-electron chi connectivity index (χ4n) is 2.00. The summed E-state index contributed by atoms with van der Waals surface area (Å²) in [5.41, 5.74) is 0.603. The third-order valence-corrected chi connectivity index (χ3v) is 4.28. The van der Waals surface area contributed by atoms with Crippen LogP contribution in [0.3, 0.4) is 0 Å². The molecular formula is C15H20N4O3S. The summed E-state index contributed by atoms with van der Waals surface area (Å²) in [5.74, 6) is 2.21. The zero-order valence-electron chi connectivity index (χ0n) is 13.6. The van der Waals surface area contributed by atoms with Gasteiger partial charge in [-0.15, -0.1) is 10.2 Å². The molecule has 2 rings (SSSR count). The van der Waals surface area contributed by atoms with Crippen LogP contribution in [0, 0.1) is 0 Å². The second-order valence-corrected chi connectivity index (χ2v) is 5.66. The predicted octanol–water partition coefficient (Wildman–Crippen LogP) is 2.13. The van der Waals surface area contributed by atoms with E-state index >= 15 is 0 Å². The van der Waals surface area contributed by atoms with Crippen molar-refractivity contribution in [2.45, 2.75) is 18.5 Å². The van der Waals surface area contributed by atoms with Gasteiger partial charge < -0.3 is 19.4 Å². The molecule has 23 heavy (non-hydrogen) atoms. The standard InChI is InChI=1S/C15H20N4O3S/c1-5-13-17-18-15(19(13)2)23-9-14(20)16-11-7-6-10(21-3)8-12(11)22-4/h6-8H,5,9H2,1-4H3,(H,16,20). The Balaban J connectivity index is 1.98. The number of carbonyl (C=O) groups is 1. The topological polar surface area (TPSA) is 78.3 Å². The quantitative estimate of drug-likeness (QED) is 0.781. The van der Waals surface area contributed by atoms with Crippen LogP contribution in [0.5, 0.6) is 11.5 Å². The summed E-state index contributed by atoms with van der Waals surface area (Å²) in [5, 5.41) is 11.7. The summed E-state index contributed by atoms with van der Waals surface area (Å²) in [4.78, 5) is 12.1. The first kappa shape index (κ1) is 17.1. The van der Waals surface area contributed by atoms with E-state index in [9.17, 15) is 4.79 Å². The molecule has 1 aromatic heterocycles. The molecule has 124 valence electrons. The maximum absolute atomic E-state index is 12.1. The highest BCUT2D eigenvalue weighted by Gasteiger charge is 2.12. The average molecular weight is 336 g/mol. The number of aromatic nitrogens is 3. The first-order valence-electron chi connectivity index (χ1n) is 7.12. The van der Waals surface area contributed by atoms with E-state index in [1.165, 1.54) is 11.8 Å². The van der Waals surface area contributed by atoms with Crippen molar-refractivity contribution in [2.75, 3.05) is 25.3 Å². The molecule has 7 nitrogen and oxygen atoms in total. The fourth-order valence-corrected chi connectivity index (χ4v) is 2.73. The van der Waals surface area contributed by atoms with Gasteiger partial charge in [0.05, 0.1) is 25.7 Å². The normalized spacial score (nSPS) is 10.4. The number of methoxy groups -OCH3 is 2. The Morgan fingerprint density at radius 1 is 1.30 bits per heavy atom. The number of amides is 1. The molecule has 2 aromatic rings. The molecule has 0 aliphatic rings. The Labute approximate surface area is 139 Å². The van der Waals surface area contributed by atoms with Crippen molar-refractivity contribution in [3.63, 3.8) is 0 Å². The van der Waals surface area contributed by atoms with E-state index in [0.717, 1.165) is 17.4 Å². The first-order valence-corrected chi connectivity index (χ1v) is 8.10. The van der Waals surface area contributed by atoms with Crippen molar-refractivity contribution in [1.29, 1.82) is 0 Å². The van der Waals surface area contributed by atoms with Gasteiger partial charge >= 0.3 is 0 Å². The highest BCUT2D eigenvalue weighted by Crippen LogP contribution is 2.29. The number of benzene rings is 1. The molecule has 0 spiro atoms. The number of aryl methyl sites for hydroxylation is 1. The van der Waals surface area contributed by atoms with Gasteiger partial charge in [0.25, 0.3) is 0 Å². The SMILES string of the molecule is CCc1nnc(SCC(=O)Nc2ccc(OC)cc2OC)n1C. The lowest BCUT2D eigenvalue weighted by Gasteiger charge is -2.11. The molecule has 0 aliphatic carbocycles. The van der Waals surface area contributed by atoms with Crippen molar-refractivity contribution in [2.24, 2.45) is 7.05 Å². The monoisotopic (exact) mass is 336 g/mol. The van der Waals surface area contributed by atoms with E-state index in [4.69, 9.17) is 9.47 Å². The molecule has 0 unspecified atom stereocenters. The molecule has 0 radical (unpaired) electrons. The van der Waals surface area contributed by atoms with E-state index < -0.39 is 0 Å². The van der Waals surface area contributed by atoms with Crippen LogP contribution >= 0.6 is 11.8 Å². The van der Waals surface area contributed by atoms with Gasteiger partial charge in [-0.25, -0.2) is 0 Å². The number of nitrogens with zero attached hydrogens (tertiary/aromatic N) is 3. The van der Waals surface area contributed by atoms with E-state index in [0.29, 0.717) is 17.2 Å². The predicted molar refractivity (Wildman–Crippen MR) is 89.3 cm³/mol. The van der Waals surface area contributed by atoms with Gasteiger partial charge in [0.2, 0.25) is 5.91 Å². The number of carbonyl (C=O) groups excluding carboxylic acids is 1. The number of hydrogen-bond donors (Lipinski definition) is 1. The zero-order chi connectivity index (χ0) is 16.8. The van der Waals surface area contributed by atoms with Gasteiger partial charge in [-0.3, -0.25) is 4.79 Å². The minimum Gasteiger partial charge on any atom is -0.497 e. The Morgan fingerprint density at radius 3 is 2.70 bits per heavy atom. The van der Waals surface area contributed by atoms with E-state index in [1.807, 2.05) is 18.5 Å². The number of hydrogen-bond acceptors (Lipinski definition) is 6. The summed E-state index contributed by atoms with van der Waals surface area (Å²) in [6, 6.07) is 5.23. The van der Waals surface area contributed by atoms with Crippen molar-refractivity contribution in [3.05, 3.63) is 24.0 Å². The molecule has 1 N–H and O–H groups in total.